The number of H-pyrrole nitrogens is 1. The Bertz CT molecular complexity index is 1040. The molecular weight excluding hydrogens is 326 g/mol. The summed E-state index contributed by atoms with van der Waals surface area (Å²) < 4.78 is 5.84. The fraction of sp³-hybridized carbons (Fsp3) is 0.0500. The van der Waals surface area contributed by atoms with E-state index in [-0.39, 0.29) is 5.95 Å². The standard InChI is InChI=1S/C20H17N5O/c21-20-24-18-17(19(25-20)26-13-15-9-5-2-6-10-15)22-16(23-18)12-11-14-7-3-1-4-8-14/h1-12H,13H2,(H3,21,22,23,24,25)/b12-11+. The lowest BCUT2D eigenvalue weighted by atomic mass is 10.2. The van der Waals surface area contributed by atoms with Crippen molar-refractivity contribution >= 4 is 29.3 Å². The van der Waals surface area contributed by atoms with Crippen LogP contribution in [0.25, 0.3) is 23.3 Å². The zero-order valence-electron chi connectivity index (χ0n) is 14.0. The van der Waals surface area contributed by atoms with Gasteiger partial charge in [-0.1, -0.05) is 66.7 Å². The first-order chi connectivity index (χ1) is 12.8. The van der Waals surface area contributed by atoms with Gasteiger partial charge in [0, 0.05) is 0 Å². The highest BCUT2D eigenvalue weighted by atomic mass is 16.5. The summed E-state index contributed by atoms with van der Waals surface area (Å²) in [6.45, 7) is 0.389. The van der Waals surface area contributed by atoms with E-state index in [9.17, 15) is 0 Å². The lowest BCUT2D eigenvalue weighted by Gasteiger charge is -2.06. The Kier molecular flexibility index (Phi) is 4.30. The minimum absolute atomic E-state index is 0.130. The van der Waals surface area contributed by atoms with Crippen LogP contribution in [-0.2, 0) is 6.61 Å². The molecule has 2 aromatic heterocycles. The number of rotatable bonds is 5. The Labute approximate surface area is 150 Å². The molecule has 6 nitrogen and oxygen atoms in total. The molecule has 2 aromatic carbocycles. The third-order valence-electron chi connectivity index (χ3n) is 3.81. The summed E-state index contributed by atoms with van der Waals surface area (Å²) in [7, 11) is 0. The normalized spacial score (nSPS) is 11.2. The summed E-state index contributed by atoms with van der Waals surface area (Å²) >= 11 is 0. The summed E-state index contributed by atoms with van der Waals surface area (Å²) in [4.78, 5) is 16.0. The Morgan fingerprint density at radius 2 is 1.62 bits per heavy atom. The fourth-order valence-electron chi connectivity index (χ4n) is 2.55. The number of ether oxygens (including phenoxy) is 1. The quantitative estimate of drug-likeness (QED) is 0.577. The number of nitrogens with two attached hydrogens (primary N) is 1. The van der Waals surface area contributed by atoms with E-state index in [4.69, 9.17) is 10.5 Å². The van der Waals surface area contributed by atoms with Gasteiger partial charge in [-0.25, -0.2) is 4.98 Å². The second kappa shape index (κ2) is 7.06. The van der Waals surface area contributed by atoms with E-state index in [1.165, 1.54) is 0 Å². The van der Waals surface area contributed by atoms with Crippen molar-refractivity contribution in [3.8, 4) is 5.88 Å². The van der Waals surface area contributed by atoms with Crippen LogP contribution in [0.15, 0.2) is 60.7 Å². The Balaban J connectivity index is 1.61. The molecule has 0 unspecified atom stereocenters. The fourth-order valence-corrected chi connectivity index (χ4v) is 2.55. The molecule has 2 heterocycles. The molecule has 0 saturated carbocycles. The molecule has 0 saturated heterocycles. The lowest BCUT2D eigenvalue weighted by Crippen LogP contribution is -2.02. The number of aromatic nitrogens is 4. The van der Waals surface area contributed by atoms with Crippen LogP contribution < -0.4 is 10.5 Å². The third-order valence-corrected chi connectivity index (χ3v) is 3.81. The van der Waals surface area contributed by atoms with Crippen LogP contribution in [0.3, 0.4) is 0 Å². The monoisotopic (exact) mass is 343 g/mol. The van der Waals surface area contributed by atoms with Crippen LogP contribution >= 0.6 is 0 Å². The first-order valence-electron chi connectivity index (χ1n) is 8.21. The molecule has 3 N–H and O–H groups in total. The lowest BCUT2D eigenvalue weighted by molar-refractivity contribution is 0.297. The van der Waals surface area contributed by atoms with E-state index in [1.807, 2.05) is 72.8 Å². The second-order valence-electron chi connectivity index (χ2n) is 5.73. The Morgan fingerprint density at radius 1 is 0.885 bits per heavy atom. The van der Waals surface area contributed by atoms with Gasteiger partial charge < -0.3 is 15.5 Å². The van der Waals surface area contributed by atoms with Crippen molar-refractivity contribution in [1.29, 1.82) is 0 Å². The van der Waals surface area contributed by atoms with E-state index >= 15 is 0 Å². The number of hydrogen-bond acceptors (Lipinski definition) is 5. The van der Waals surface area contributed by atoms with Crippen molar-refractivity contribution in [1.82, 2.24) is 19.9 Å². The molecule has 0 bridgehead atoms. The van der Waals surface area contributed by atoms with Gasteiger partial charge in [-0.05, 0) is 17.2 Å². The molecule has 6 heteroatoms. The maximum Gasteiger partial charge on any atom is 0.245 e. The van der Waals surface area contributed by atoms with Crippen LogP contribution in [0.5, 0.6) is 5.88 Å². The molecule has 0 amide bonds. The summed E-state index contributed by atoms with van der Waals surface area (Å²) in [5.74, 6) is 1.18. The molecule has 0 atom stereocenters. The van der Waals surface area contributed by atoms with E-state index in [2.05, 4.69) is 19.9 Å². The number of nitrogens with one attached hydrogen (secondary N) is 1. The minimum atomic E-state index is 0.130. The zero-order valence-corrected chi connectivity index (χ0v) is 14.0. The van der Waals surface area contributed by atoms with Crippen molar-refractivity contribution in [2.24, 2.45) is 0 Å². The topological polar surface area (TPSA) is 89.7 Å². The van der Waals surface area contributed by atoms with Gasteiger partial charge in [-0.2, -0.15) is 9.97 Å². The summed E-state index contributed by atoms with van der Waals surface area (Å²) in [6.07, 6.45) is 3.85. The van der Waals surface area contributed by atoms with Crippen LogP contribution in [0.4, 0.5) is 5.95 Å². The van der Waals surface area contributed by atoms with Crippen LogP contribution in [0, 0.1) is 0 Å². The summed E-state index contributed by atoms with van der Waals surface area (Å²) in [5.41, 5.74) is 9.03. The van der Waals surface area contributed by atoms with Gasteiger partial charge in [0.1, 0.15) is 17.9 Å². The van der Waals surface area contributed by atoms with E-state index < -0.39 is 0 Å². The first kappa shape index (κ1) is 15.8. The van der Waals surface area contributed by atoms with Crippen molar-refractivity contribution < 1.29 is 4.74 Å². The highest BCUT2D eigenvalue weighted by molar-refractivity contribution is 5.80. The molecule has 128 valence electrons. The average Bonchev–Trinajstić information content (AvgIpc) is 3.09. The number of benzene rings is 2. The highest BCUT2D eigenvalue weighted by Gasteiger charge is 2.12. The van der Waals surface area contributed by atoms with E-state index in [0.29, 0.717) is 29.5 Å². The number of fused-ring (bicyclic) bond motifs is 1. The highest BCUT2D eigenvalue weighted by Crippen LogP contribution is 2.23. The molecular formula is C20H17N5O. The van der Waals surface area contributed by atoms with Crippen LogP contribution in [0.2, 0.25) is 0 Å². The van der Waals surface area contributed by atoms with Gasteiger partial charge >= 0.3 is 0 Å². The number of nitrogen functional groups attached to an aromatic ring is 1. The van der Waals surface area contributed by atoms with Crippen LogP contribution in [0.1, 0.15) is 17.0 Å². The molecule has 0 fully saturated rings. The van der Waals surface area contributed by atoms with Gasteiger partial charge in [0.05, 0.1) is 0 Å². The molecule has 0 aliphatic heterocycles. The van der Waals surface area contributed by atoms with Crippen molar-refractivity contribution in [3.63, 3.8) is 0 Å². The molecule has 0 spiro atoms. The van der Waals surface area contributed by atoms with E-state index in [1.54, 1.807) is 0 Å². The van der Waals surface area contributed by atoms with Gasteiger partial charge in [0.25, 0.3) is 0 Å². The van der Waals surface area contributed by atoms with Gasteiger partial charge in [0.15, 0.2) is 5.65 Å². The summed E-state index contributed by atoms with van der Waals surface area (Å²) in [5, 5.41) is 0. The smallest absolute Gasteiger partial charge is 0.245 e. The average molecular weight is 343 g/mol. The number of hydrogen-bond donors (Lipinski definition) is 2. The maximum atomic E-state index is 5.84. The molecule has 4 aromatic rings. The number of aromatic amines is 1. The molecule has 0 aliphatic rings. The first-order valence-corrected chi connectivity index (χ1v) is 8.21. The van der Waals surface area contributed by atoms with E-state index in [0.717, 1.165) is 11.1 Å². The van der Waals surface area contributed by atoms with Crippen LogP contribution in [-0.4, -0.2) is 19.9 Å². The molecule has 0 radical (unpaired) electrons. The van der Waals surface area contributed by atoms with Crippen molar-refractivity contribution in [2.45, 2.75) is 6.61 Å². The number of anilines is 1. The predicted octanol–water partition coefficient (Wildman–Crippen LogP) is 3.68. The molecule has 4 rings (SSSR count). The number of imidazole rings is 1. The van der Waals surface area contributed by atoms with Gasteiger partial charge in [0.2, 0.25) is 11.8 Å². The number of nitrogens with zero attached hydrogens (tertiary/aromatic N) is 3. The third kappa shape index (κ3) is 3.54. The minimum Gasteiger partial charge on any atom is -0.471 e. The molecule has 26 heavy (non-hydrogen) atoms. The van der Waals surface area contributed by atoms with Crippen molar-refractivity contribution in [2.75, 3.05) is 5.73 Å². The van der Waals surface area contributed by atoms with Crippen molar-refractivity contribution in [3.05, 3.63) is 77.6 Å². The summed E-state index contributed by atoms with van der Waals surface area (Å²) in [6, 6.07) is 19.9. The zero-order chi connectivity index (χ0) is 17.8. The van der Waals surface area contributed by atoms with Gasteiger partial charge in [-0.3, -0.25) is 0 Å². The Hall–Kier alpha value is -3.67. The second-order valence-corrected chi connectivity index (χ2v) is 5.73. The Morgan fingerprint density at radius 3 is 2.38 bits per heavy atom. The van der Waals surface area contributed by atoms with Gasteiger partial charge in [-0.15, -0.1) is 0 Å². The largest absolute Gasteiger partial charge is 0.471 e. The maximum absolute atomic E-state index is 5.84. The SMILES string of the molecule is Nc1nc(OCc2ccccc2)c2[nH]c(/C=C/c3ccccc3)nc2n1. The predicted molar refractivity (Wildman–Crippen MR) is 102 cm³/mol. The molecule has 0 aliphatic carbocycles.